The molecule has 0 saturated heterocycles. The molecule has 0 spiro atoms. The fourth-order valence-electron chi connectivity index (χ4n) is 1.80. The van der Waals surface area contributed by atoms with Gasteiger partial charge < -0.3 is 10.6 Å². The molecule has 1 heterocycles. The molecule has 0 radical (unpaired) electrons. The number of aromatic nitrogens is 2. The van der Waals surface area contributed by atoms with Crippen LogP contribution >= 0.6 is 0 Å². The molecule has 5 heteroatoms. The van der Waals surface area contributed by atoms with Crippen molar-refractivity contribution in [2.75, 3.05) is 18.4 Å². The molecule has 0 aliphatic carbocycles. The van der Waals surface area contributed by atoms with Crippen molar-refractivity contribution >= 4 is 11.9 Å². The van der Waals surface area contributed by atoms with Gasteiger partial charge in [-0.2, -0.15) is 0 Å². The SMILES string of the molecule is Cc1ccccc1C(=O)NCCCNc1ncccn1. The van der Waals surface area contributed by atoms with Crippen LogP contribution in [-0.2, 0) is 0 Å². The zero-order valence-electron chi connectivity index (χ0n) is 11.5. The monoisotopic (exact) mass is 270 g/mol. The van der Waals surface area contributed by atoms with Crippen molar-refractivity contribution in [2.45, 2.75) is 13.3 Å². The average molecular weight is 270 g/mol. The van der Waals surface area contributed by atoms with Gasteiger partial charge in [0, 0.05) is 31.0 Å². The first-order valence-electron chi connectivity index (χ1n) is 6.62. The Labute approximate surface area is 118 Å². The third-order valence-corrected chi connectivity index (χ3v) is 2.88. The van der Waals surface area contributed by atoms with E-state index >= 15 is 0 Å². The number of anilines is 1. The number of rotatable bonds is 6. The van der Waals surface area contributed by atoms with Crippen LogP contribution in [0.5, 0.6) is 0 Å². The lowest BCUT2D eigenvalue weighted by atomic mass is 10.1. The summed E-state index contributed by atoms with van der Waals surface area (Å²) in [5.41, 5.74) is 1.72. The normalized spacial score (nSPS) is 10.1. The molecular formula is C15H18N4O. The summed E-state index contributed by atoms with van der Waals surface area (Å²) in [6, 6.07) is 9.34. The number of nitrogens with one attached hydrogen (secondary N) is 2. The zero-order chi connectivity index (χ0) is 14.2. The first kappa shape index (κ1) is 14.0. The van der Waals surface area contributed by atoms with Gasteiger partial charge in [0.25, 0.3) is 5.91 Å². The summed E-state index contributed by atoms with van der Waals surface area (Å²) in [7, 11) is 0. The van der Waals surface area contributed by atoms with Crippen LogP contribution in [0.4, 0.5) is 5.95 Å². The van der Waals surface area contributed by atoms with Crippen LogP contribution in [0.25, 0.3) is 0 Å². The third-order valence-electron chi connectivity index (χ3n) is 2.88. The lowest BCUT2D eigenvalue weighted by Gasteiger charge is -2.08. The molecule has 0 unspecified atom stereocenters. The smallest absolute Gasteiger partial charge is 0.251 e. The van der Waals surface area contributed by atoms with Crippen molar-refractivity contribution in [1.29, 1.82) is 0 Å². The molecule has 5 nitrogen and oxygen atoms in total. The fraction of sp³-hybridized carbons (Fsp3) is 0.267. The second-order valence-electron chi connectivity index (χ2n) is 4.42. The number of aryl methyl sites for hydroxylation is 1. The van der Waals surface area contributed by atoms with E-state index in [0.717, 1.165) is 24.1 Å². The first-order valence-corrected chi connectivity index (χ1v) is 6.62. The highest BCUT2D eigenvalue weighted by Gasteiger charge is 2.06. The largest absolute Gasteiger partial charge is 0.354 e. The van der Waals surface area contributed by atoms with Gasteiger partial charge in [-0.25, -0.2) is 9.97 Å². The molecule has 1 amide bonds. The summed E-state index contributed by atoms with van der Waals surface area (Å²) in [6.45, 7) is 3.27. The van der Waals surface area contributed by atoms with Crippen molar-refractivity contribution < 1.29 is 4.79 Å². The second kappa shape index (κ2) is 7.23. The molecule has 0 atom stereocenters. The molecule has 0 aliphatic rings. The highest BCUT2D eigenvalue weighted by Crippen LogP contribution is 2.06. The van der Waals surface area contributed by atoms with Gasteiger partial charge in [0.2, 0.25) is 5.95 Å². The van der Waals surface area contributed by atoms with Crippen LogP contribution in [0.3, 0.4) is 0 Å². The molecule has 2 N–H and O–H groups in total. The van der Waals surface area contributed by atoms with E-state index in [1.165, 1.54) is 0 Å². The van der Waals surface area contributed by atoms with Crippen molar-refractivity contribution in [2.24, 2.45) is 0 Å². The number of carbonyl (C=O) groups is 1. The maximum atomic E-state index is 11.9. The van der Waals surface area contributed by atoms with E-state index in [4.69, 9.17) is 0 Å². The Morgan fingerprint density at radius 2 is 1.85 bits per heavy atom. The molecule has 0 fully saturated rings. The van der Waals surface area contributed by atoms with Gasteiger partial charge >= 0.3 is 0 Å². The molecule has 0 bridgehead atoms. The van der Waals surface area contributed by atoms with Crippen LogP contribution in [0.1, 0.15) is 22.3 Å². The Kier molecular flexibility index (Phi) is 5.06. The van der Waals surface area contributed by atoms with Gasteiger partial charge in [-0.15, -0.1) is 0 Å². The molecule has 104 valence electrons. The van der Waals surface area contributed by atoms with Gasteiger partial charge in [0.1, 0.15) is 0 Å². The van der Waals surface area contributed by atoms with Crippen LogP contribution in [0.2, 0.25) is 0 Å². The van der Waals surface area contributed by atoms with Gasteiger partial charge in [-0.1, -0.05) is 18.2 Å². The van der Waals surface area contributed by atoms with Gasteiger partial charge in [-0.3, -0.25) is 4.79 Å². The number of hydrogen-bond donors (Lipinski definition) is 2. The maximum absolute atomic E-state index is 11.9. The van der Waals surface area contributed by atoms with Crippen molar-refractivity contribution in [3.8, 4) is 0 Å². The Morgan fingerprint density at radius 1 is 1.10 bits per heavy atom. The highest BCUT2D eigenvalue weighted by molar-refractivity contribution is 5.95. The number of benzene rings is 1. The minimum atomic E-state index is -0.0286. The molecular weight excluding hydrogens is 252 g/mol. The average Bonchev–Trinajstić information content (AvgIpc) is 2.48. The van der Waals surface area contributed by atoms with Crippen molar-refractivity contribution in [1.82, 2.24) is 15.3 Å². The summed E-state index contributed by atoms with van der Waals surface area (Å²) in [5, 5.41) is 6.00. The summed E-state index contributed by atoms with van der Waals surface area (Å²) >= 11 is 0. The predicted octanol–water partition coefficient (Wildman–Crippen LogP) is 2.02. The van der Waals surface area contributed by atoms with E-state index < -0.39 is 0 Å². The summed E-state index contributed by atoms with van der Waals surface area (Å²) in [4.78, 5) is 20.1. The number of nitrogens with zero attached hydrogens (tertiary/aromatic N) is 2. The number of carbonyl (C=O) groups excluding carboxylic acids is 1. The molecule has 2 rings (SSSR count). The van der Waals surface area contributed by atoms with Crippen LogP contribution < -0.4 is 10.6 Å². The second-order valence-corrected chi connectivity index (χ2v) is 4.42. The van der Waals surface area contributed by atoms with Gasteiger partial charge in [0.05, 0.1) is 0 Å². The molecule has 0 saturated carbocycles. The first-order chi connectivity index (χ1) is 9.77. The van der Waals surface area contributed by atoms with E-state index in [0.29, 0.717) is 12.5 Å². The maximum Gasteiger partial charge on any atom is 0.251 e. The highest BCUT2D eigenvalue weighted by atomic mass is 16.1. The van der Waals surface area contributed by atoms with E-state index in [9.17, 15) is 4.79 Å². The lowest BCUT2D eigenvalue weighted by molar-refractivity contribution is 0.0953. The Hall–Kier alpha value is -2.43. The molecule has 1 aromatic heterocycles. The minimum Gasteiger partial charge on any atom is -0.354 e. The minimum absolute atomic E-state index is 0.0286. The zero-order valence-corrected chi connectivity index (χ0v) is 11.5. The quantitative estimate of drug-likeness (QED) is 0.788. The molecule has 2 aromatic rings. The van der Waals surface area contributed by atoms with Gasteiger partial charge in [0.15, 0.2) is 0 Å². The summed E-state index contributed by atoms with van der Waals surface area (Å²) < 4.78 is 0. The van der Waals surface area contributed by atoms with Crippen molar-refractivity contribution in [3.05, 3.63) is 53.9 Å². The van der Waals surface area contributed by atoms with E-state index in [1.807, 2.05) is 31.2 Å². The van der Waals surface area contributed by atoms with E-state index in [1.54, 1.807) is 18.5 Å². The molecule has 1 aromatic carbocycles. The van der Waals surface area contributed by atoms with Crippen LogP contribution in [0.15, 0.2) is 42.7 Å². The van der Waals surface area contributed by atoms with E-state index in [-0.39, 0.29) is 5.91 Å². The standard InChI is InChI=1S/C15H18N4O/c1-12-6-2-3-7-13(12)14(20)16-8-4-9-17-15-18-10-5-11-19-15/h2-3,5-7,10-11H,4,8-9H2,1H3,(H,16,20)(H,17,18,19). The number of hydrogen-bond acceptors (Lipinski definition) is 4. The summed E-state index contributed by atoms with van der Waals surface area (Å²) in [6.07, 6.45) is 4.19. The fourth-order valence-corrected chi connectivity index (χ4v) is 1.80. The topological polar surface area (TPSA) is 66.9 Å². The Morgan fingerprint density at radius 3 is 2.60 bits per heavy atom. The van der Waals surface area contributed by atoms with E-state index in [2.05, 4.69) is 20.6 Å². The predicted molar refractivity (Wildman–Crippen MR) is 78.7 cm³/mol. The lowest BCUT2D eigenvalue weighted by Crippen LogP contribution is -2.26. The molecule has 20 heavy (non-hydrogen) atoms. The van der Waals surface area contributed by atoms with Crippen molar-refractivity contribution in [3.63, 3.8) is 0 Å². The van der Waals surface area contributed by atoms with Gasteiger partial charge in [-0.05, 0) is 31.0 Å². The molecule has 0 aliphatic heterocycles. The Balaban J connectivity index is 1.69. The van der Waals surface area contributed by atoms with Crippen LogP contribution in [-0.4, -0.2) is 29.0 Å². The summed E-state index contributed by atoms with van der Waals surface area (Å²) in [5.74, 6) is 0.580. The Bertz CT molecular complexity index is 557. The third kappa shape index (κ3) is 4.05. The van der Waals surface area contributed by atoms with Crippen LogP contribution in [0, 0.1) is 6.92 Å². The number of amides is 1.